The minimum absolute atomic E-state index is 0.277. The second kappa shape index (κ2) is 8.06. The number of amides is 1. The van der Waals surface area contributed by atoms with Crippen LogP contribution in [0.1, 0.15) is 77.0 Å². The SMILES string of the molecule is CC(C)c1cccc(C(C)C)c1C#CCNC(=O)OC(C)(C)C. The van der Waals surface area contributed by atoms with E-state index in [4.69, 9.17) is 4.74 Å². The first-order valence-electron chi connectivity index (χ1n) is 8.20. The Morgan fingerprint density at radius 3 is 2.09 bits per heavy atom. The van der Waals surface area contributed by atoms with Crippen LogP contribution in [-0.2, 0) is 4.74 Å². The molecule has 0 aromatic heterocycles. The number of rotatable bonds is 3. The molecule has 0 unspecified atom stereocenters. The maximum Gasteiger partial charge on any atom is 0.408 e. The van der Waals surface area contributed by atoms with E-state index >= 15 is 0 Å². The molecule has 0 saturated heterocycles. The van der Waals surface area contributed by atoms with Crippen LogP contribution < -0.4 is 5.32 Å². The minimum atomic E-state index is -0.493. The van der Waals surface area contributed by atoms with Gasteiger partial charge in [0.2, 0.25) is 0 Å². The molecule has 126 valence electrons. The van der Waals surface area contributed by atoms with Crippen LogP contribution in [0.2, 0.25) is 0 Å². The molecule has 3 heteroatoms. The van der Waals surface area contributed by atoms with E-state index in [1.807, 2.05) is 20.8 Å². The van der Waals surface area contributed by atoms with E-state index in [0.29, 0.717) is 11.8 Å². The maximum atomic E-state index is 11.6. The number of benzene rings is 1. The molecule has 3 nitrogen and oxygen atoms in total. The number of hydrogen-bond donors (Lipinski definition) is 1. The lowest BCUT2D eigenvalue weighted by molar-refractivity contribution is 0.0535. The summed E-state index contributed by atoms with van der Waals surface area (Å²) >= 11 is 0. The van der Waals surface area contributed by atoms with Crippen LogP contribution in [-0.4, -0.2) is 18.2 Å². The molecule has 1 rings (SSSR count). The van der Waals surface area contributed by atoms with E-state index in [9.17, 15) is 4.79 Å². The lowest BCUT2D eigenvalue weighted by Gasteiger charge is -2.19. The summed E-state index contributed by atoms with van der Waals surface area (Å²) in [7, 11) is 0. The summed E-state index contributed by atoms with van der Waals surface area (Å²) in [4.78, 5) is 11.6. The van der Waals surface area contributed by atoms with Gasteiger partial charge in [0.1, 0.15) is 5.60 Å². The highest BCUT2D eigenvalue weighted by Crippen LogP contribution is 2.26. The van der Waals surface area contributed by atoms with Gasteiger partial charge in [-0.05, 0) is 43.7 Å². The second-order valence-corrected chi connectivity index (χ2v) is 7.28. The predicted molar refractivity (Wildman–Crippen MR) is 95.7 cm³/mol. The number of carbonyl (C=O) groups is 1. The van der Waals surface area contributed by atoms with Gasteiger partial charge < -0.3 is 10.1 Å². The van der Waals surface area contributed by atoms with Crippen molar-refractivity contribution in [1.82, 2.24) is 5.32 Å². The predicted octanol–water partition coefficient (Wildman–Crippen LogP) is 4.81. The molecule has 1 N–H and O–H groups in total. The summed E-state index contributed by atoms with van der Waals surface area (Å²) in [6.07, 6.45) is -0.437. The van der Waals surface area contributed by atoms with Crippen molar-refractivity contribution in [3.8, 4) is 11.8 Å². The normalized spacial score (nSPS) is 11.2. The Morgan fingerprint density at radius 1 is 1.13 bits per heavy atom. The first kappa shape index (κ1) is 19.1. The Labute approximate surface area is 140 Å². The van der Waals surface area contributed by atoms with Crippen molar-refractivity contribution in [3.63, 3.8) is 0 Å². The van der Waals surface area contributed by atoms with Gasteiger partial charge in [0.25, 0.3) is 0 Å². The van der Waals surface area contributed by atoms with Crippen LogP contribution in [0.3, 0.4) is 0 Å². The summed E-state index contributed by atoms with van der Waals surface area (Å²) in [6.45, 7) is 14.5. The Morgan fingerprint density at radius 2 is 1.65 bits per heavy atom. The van der Waals surface area contributed by atoms with Crippen molar-refractivity contribution in [1.29, 1.82) is 0 Å². The maximum absolute atomic E-state index is 11.6. The van der Waals surface area contributed by atoms with Crippen LogP contribution >= 0.6 is 0 Å². The molecule has 0 heterocycles. The minimum Gasteiger partial charge on any atom is -0.444 e. The molecule has 1 amide bonds. The fraction of sp³-hybridized carbons (Fsp3) is 0.550. The smallest absolute Gasteiger partial charge is 0.408 e. The Balaban J connectivity index is 2.87. The number of ether oxygens (including phenoxy) is 1. The standard InChI is InChI=1S/C20H29NO2/c1-14(2)16-10-8-11-17(15(3)4)18(16)12-9-13-21-19(22)23-20(5,6)7/h8,10-11,14-15H,13H2,1-7H3,(H,21,22). The fourth-order valence-electron chi connectivity index (χ4n) is 2.26. The van der Waals surface area contributed by atoms with Crippen molar-refractivity contribution in [2.75, 3.05) is 6.54 Å². The monoisotopic (exact) mass is 315 g/mol. The van der Waals surface area contributed by atoms with Crippen LogP contribution in [0.15, 0.2) is 18.2 Å². The van der Waals surface area contributed by atoms with Crippen molar-refractivity contribution < 1.29 is 9.53 Å². The largest absolute Gasteiger partial charge is 0.444 e. The second-order valence-electron chi connectivity index (χ2n) is 7.28. The summed E-state index contributed by atoms with van der Waals surface area (Å²) in [6, 6.07) is 6.35. The van der Waals surface area contributed by atoms with E-state index in [1.165, 1.54) is 11.1 Å². The molecule has 0 saturated carbocycles. The van der Waals surface area contributed by atoms with Gasteiger partial charge in [0, 0.05) is 5.56 Å². The Hall–Kier alpha value is -1.95. The third-order valence-electron chi connectivity index (χ3n) is 3.31. The van der Waals surface area contributed by atoms with Gasteiger partial charge >= 0.3 is 6.09 Å². The summed E-state index contributed by atoms with van der Waals surface area (Å²) in [5, 5.41) is 2.67. The number of nitrogens with one attached hydrogen (secondary N) is 1. The number of alkyl carbamates (subject to hydrolysis) is 1. The summed E-state index contributed by atoms with van der Waals surface area (Å²) in [5.74, 6) is 7.12. The molecule has 0 fully saturated rings. The molecular formula is C20H29NO2. The topological polar surface area (TPSA) is 38.3 Å². The van der Waals surface area contributed by atoms with E-state index in [2.05, 4.69) is 63.1 Å². The van der Waals surface area contributed by atoms with E-state index < -0.39 is 11.7 Å². The van der Waals surface area contributed by atoms with Crippen molar-refractivity contribution in [2.24, 2.45) is 0 Å². The van der Waals surface area contributed by atoms with Crippen molar-refractivity contribution in [2.45, 2.75) is 65.9 Å². The highest BCUT2D eigenvalue weighted by molar-refractivity contribution is 5.68. The molecule has 0 spiro atoms. The molecule has 1 aromatic carbocycles. The van der Waals surface area contributed by atoms with Crippen molar-refractivity contribution >= 4 is 6.09 Å². The molecule has 23 heavy (non-hydrogen) atoms. The molecule has 0 atom stereocenters. The summed E-state index contributed by atoms with van der Waals surface area (Å²) in [5.41, 5.74) is 3.09. The molecule has 0 bridgehead atoms. The van der Waals surface area contributed by atoms with Crippen LogP contribution in [0.5, 0.6) is 0 Å². The number of hydrogen-bond acceptors (Lipinski definition) is 2. The third-order valence-corrected chi connectivity index (χ3v) is 3.31. The molecule has 0 aliphatic carbocycles. The van der Waals surface area contributed by atoms with Crippen LogP contribution in [0.4, 0.5) is 4.79 Å². The first-order chi connectivity index (χ1) is 10.6. The van der Waals surface area contributed by atoms with Crippen LogP contribution in [0, 0.1) is 11.8 Å². The van der Waals surface area contributed by atoms with Gasteiger partial charge in [0.05, 0.1) is 6.54 Å². The van der Waals surface area contributed by atoms with Gasteiger partial charge in [-0.25, -0.2) is 4.79 Å². The highest BCUT2D eigenvalue weighted by Gasteiger charge is 2.15. The van der Waals surface area contributed by atoms with Gasteiger partial charge in [-0.2, -0.15) is 0 Å². The quantitative estimate of drug-likeness (QED) is 0.813. The average Bonchev–Trinajstić information content (AvgIpc) is 2.41. The molecule has 1 aromatic rings. The lowest BCUT2D eigenvalue weighted by Crippen LogP contribution is -2.32. The highest BCUT2D eigenvalue weighted by atomic mass is 16.6. The zero-order valence-electron chi connectivity index (χ0n) is 15.4. The zero-order valence-corrected chi connectivity index (χ0v) is 15.4. The third kappa shape index (κ3) is 6.36. The summed E-state index contributed by atoms with van der Waals surface area (Å²) < 4.78 is 5.20. The van der Waals surface area contributed by atoms with Gasteiger partial charge in [-0.3, -0.25) is 0 Å². The first-order valence-corrected chi connectivity index (χ1v) is 8.20. The number of carbonyl (C=O) groups excluding carboxylic acids is 1. The van der Waals surface area contributed by atoms with Gasteiger partial charge in [-0.15, -0.1) is 0 Å². The Bertz CT molecular complexity index is 572. The molecular weight excluding hydrogens is 286 g/mol. The van der Waals surface area contributed by atoms with E-state index in [1.54, 1.807) is 0 Å². The fourth-order valence-corrected chi connectivity index (χ4v) is 2.26. The van der Waals surface area contributed by atoms with E-state index in [0.717, 1.165) is 5.56 Å². The molecule has 0 aliphatic heterocycles. The lowest BCUT2D eigenvalue weighted by atomic mass is 9.89. The zero-order chi connectivity index (χ0) is 17.6. The van der Waals surface area contributed by atoms with E-state index in [-0.39, 0.29) is 6.54 Å². The molecule has 0 radical (unpaired) electrons. The van der Waals surface area contributed by atoms with Crippen LogP contribution in [0.25, 0.3) is 0 Å². The Kier molecular flexibility index (Phi) is 6.69. The average molecular weight is 315 g/mol. The van der Waals surface area contributed by atoms with Crippen molar-refractivity contribution in [3.05, 3.63) is 34.9 Å². The van der Waals surface area contributed by atoms with Gasteiger partial charge in [-0.1, -0.05) is 57.7 Å². The molecule has 0 aliphatic rings. The van der Waals surface area contributed by atoms with Gasteiger partial charge in [0.15, 0.2) is 0 Å².